The van der Waals surface area contributed by atoms with Crippen LogP contribution >= 0.6 is 11.8 Å². The normalized spacial score (nSPS) is 16.5. The Balaban J connectivity index is 1.63. The molecule has 0 bridgehead atoms. The van der Waals surface area contributed by atoms with Crippen molar-refractivity contribution in [2.24, 2.45) is 0 Å². The summed E-state index contributed by atoms with van der Waals surface area (Å²) in [5.74, 6) is 0.543. The lowest BCUT2D eigenvalue weighted by molar-refractivity contribution is -0.119. The molecule has 0 aromatic heterocycles. The summed E-state index contributed by atoms with van der Waals surface area (Å²) in [4.78, 5) is 13.6. The molecule has 1 unspecified atom stereocenters. The summed E-state index contributed by atoms with van der Waals surface area (Å²) in [6.07, 6.45) is 3.13. The number of aryl methyl sites for hydroxylation is 3. The standard InChI is InChI=1S/C20H24N2OS/c1-13-6-7-14(2)19(10-13)24-12-20(23)22-18-5-3-4-15-11-16(21)8-9-17(15)18/h6-11,18H,3-5,12,21H2,1-2H3,(H,22,23). The van der Waals surface area contributed by atoms with Crippen molar-refractivity contribution in [1.82, 2.24) is 5.32 Å². The van der Waals surface area contributed by atoms with E-state index in [0.717, 1.165) is 24.9 Å². The molecule has 3 rings (SSSR count). The highest BCUT2D eigenvalue weighted by Gasteiger charge is 2.21. The van der Waals surface area contributed by atoms with Gasteiger partial charge in [-0.3, -0.25) is 4.79 Å². The minimum atomic E-state index is 0.0931. The molecule has 0 saturated heterocycles. The minimum Gasteiger partial charge on any atom is -0.399 e. The van der Waals surface area contributed by atoms with Crippen LogP contribution in [0.2, 0.25) is 0 Å². The molecule has 3 N–H and O–H groups in total. The Morgan fingerprint density at radius 3 is 2.92 bits per heavy atom. The van der Waals surface area contributed by atoms with Gasteiger partial charge in [-0.25, -0.2) is 0 Å². The van der Waals surface area contributed by atoms with Gasteiger partial charge in [0.15, 0.2) is 0 Å². The Morgan fingerprint density at radius 1 is 1.25 bits per heavy atom. The monoisotopic (exact) mass is 340 g/mol. The first-order valence-corrected chi connectivity index (χ1v) is 9.39. The van der Waals surface area contributed by atoms with Crippen molar-refractivity contribution >= 4 is 23.4 Å². The second-order valence-corrected chi connectivity index (χ2v) is 7.55. The third kappa shape index (κ3) is 3.93. The Morgan fingerprint density at radius 2 is 2.08 bits per heavy atom. The van der Waals surface area contributed by atoms with E-state index >= 15 is 0 Å². The number of rotatable bonds is 4. The summed E-state index contributed by atoms with van der Waals surface area (Å²) in [7, 11) is 0. The smallest absolute Gasteiger partial charge is 0.230 e. The number of thioether (sulfide) groups is 1. The van der Waals surface area contributed by atoms with E-state index < -0.39 is 0 Å². The molecule has 2 aromatic rings. The minimum absolute atomic E-state index is 0.0931. The lowest BCUT2D eigenvalue weighted by Crippen LogP contribution is -2.32. The third-order valence-electron chi connectivity index (χ3n) is 4.52. The largest absolute Gasteiger partial charge is 0.399 e. The zero-order valence-corrected chi connectivity index (χ0v) is 15.1. The van der Waals surface area contributed by atoms with Crippen LogP contribution < -0.4 is 11.1 Å². The summed E-state index contributed by atoms with van der Waals surface area (Å²) in [5.41, 5.74) is 11.6. The van der Waals surface area contributed by atoms with E-state index in [1.165, 1.54) is 27.1 Å². The van der Waals surface area contributed by atoms with E-state index in [-0.39, 0.29) is 11.9 Å². The highest BCUT2D eigenvalue weighted by molar-refractivity contribution is 8.00. The first-order chi connectivity index (χ1) is 11.5. The van der Waals surface area contributed by atoms with Gasteiger partial charge in [0.05, 0.1) is 11.8 Å². The van der Waals surface area contributed by atoms with Gasteiger partial charge in [-0.1, -0.05) is 23.8 Å². The van der Waals surface area contributed by atoms with Crippen LogP contribution in [-0.4, -0.2) is 11.7 Å². The summed E-state index contributed by atoms with van der Waals surface area (Å²) in [6.45, 7) is 4.16. The number of fused-ring (bicyclic) bond motifs is 1. The van der Waals surface area contributed by atoms with Crippen LogP contribution in [0.1, 0.15) is 41.1 Å². The Labute approximate surface area is 148 Å². The zero-order valence-electron chi connectivity index (χ0n) is 14.3. The summed E-state index contributed by atoms with van der Waals surface area (Å²) in [5, 5.41) is 3.20. The van der Waals surface area contributed by atoms with Gasteiger partial charge in [0.25, 0.3) is 0 Å². The molecular weight excluding hydrogens is 316 g/mol. The quantitative estimate of drug-likeness (QED) is 0.649. The zero-order chi connectivity index (χ0) is 17.1. The number of hydrogen-bond donors (Lipinski definition) is 2. The topological polar surface area (TPSA) is 55.1 Å². The molecule has 1 aliphatic rings. The van der Waals surface area contributed by atoms with Crippen LogP contribution in [0.25, 0.3) is 0 Å². The average Bonchev–Trinajstić information content (AvgIpc) is 2.55. The van der Waals surface area contributed by atoms with Crippen molar-refractivity contribution in [3.05, 3.63) is 58.7 Å². The van der Waals surface area contributed by atoms with Crippen molar-refractivity contribution in [2.45, 2.75) is 44.0 Å². The number of benzene rings is 2. The molecule has 24 heavy (non-hydrogen) atoms. The van der Waals surface area contributed by atoms with E-state index in [9.17, 15) is 4.79 Å². The molecule has 0 aliphatic heterocycles. The molecule has 0 heterocycles. The number of carbonyl (C=O) groups excluding carboxylic acids is 1. The first kappa shape index (κ1) is 16.9. The van der Waals surface area contributed by atoms with Gasteiger partial charge >= 0.3 is 0 Å². The molecule has 1 atom stereocenters. The van der Waals surface area contributed by atoms with Gasteiger partial charge < -0.3 is 11.1 Å². The molecular formula is C20H24N2OS. The maximum atomic E-state index is 12.4. The predicted octanol–water partition coefficient (Wildman–Crippen LogP) is 4.17. The van der Waals surface area contributed by atoms with Crippen molar-refractivity contribution < 1.29 is 4.79 Å². The molecule has 2 aromatic carbocycles. The van der Waals surface area contributed by atoms with Gasteiger partial charge in [-0.15, -0.1) is 11.8 Å². The Bertz CT molecular complexity index is 757. The molecule has 0 fully saturated rings. The van der Waals surface area contributed by atoms with Gasteiger partial charge in [0.2, 0.25) is 5.91 Å². The molecule has 3 nitrogen and oxygen atoms in total. The fraction of sp³-hybridized carbons (Fsp3) is 0.350. The molecule has 4 heteroatoms. The lowest BCUT2D eigenvalue weighted by atomic mass is 9.87. The SMILES string of the molecule is Cc1ccc(C)c(SCC(=O)NC2CCCc3cc(N)ccc32)c1. The van der Waals surface area contributed by atoms with Crippen molar-refractivity contribution in [1.29, 1.82) is 0 Å². The Hall–Kier alpha value is -1.94. The number of nitrogen functional groups attached to an aromatic ring is 1. The van der Waals surface area contributed by atoms with E-state index in [1.807, 2.05) is 12.1 Å². The number of nitrogens with two attached hydrogens (primary N) is 1. The molecule has 1 aliphatic carbocycles. The lowest BCUT2D eigenvalue weighted by Gasteiger charge is -2.26. The molecule has 0 spiro atoms. The number of carbonyl (C=O) groups is 1. The van der Waals surface area contributed by atoms with Crippen LogP contribution in [-0.2, 0) is 11.2 Å². The number of anilines is 1. The Kier molecular flexibility index (Phi) is 5.14. The number of hydrogen-bond acceptors (Lipinski definition) is 3. The summed E-state index contributed by atoms with van der Waals surface area (Å²) >= 11 is 1.61. The van der Waals surface area contributed by atoms with E-state index in [0.29, 0.717) is 5.75 Å². The van der Waals surface area contributed by atoms with Gasteiger partial charge in [0, 0.05) is 10.6 Å². The second kappa shape index (κ2) is 7.31. The fourth-order valence-electron chi connectivity index (χ4n) is 3.23. The van der Waals surface area contributed by atoms with Crippen LogP contribution in [0.3, 0.4) is 0 Å². The first-order valence-electron chi connectivity index (χ1n) is 8.40. The average molecular weight is 340 g/mol. The van der Waals surface area contributed by atoms with Crippen LogP contribution in [0.15, 0.2) is 41.3 Å². The maximum absolute atomic E-state index is 12.4. The molecule has 0 saturated carbocycles. The summed E-state index contributed by atoms with van der Waals surface area (Å²) < 4.78 is 0. The number of nitrogens with one attached hydrogen (secondary N) is 1. The van der Waals surface area contributed by atoms with Crippen LogP contribution in [0.4, 0.5) is 5.69 Å². The molecule has 1 amide bonds. The van der Waals surface area contributed by atoms with E-state index in [1.54, 1.807) is 11.8 Å². The van der Waals surface area contributed by atoms with E-state index in [2.05, 4.69) is 43.4 Å². The van der Waals surface area contributed by atoms with Gasteiger partial charge in [-0.2, -0.15) is 0 Å². The maximum Gasteiger partial charge on any atom is 0.230 e. The van der Waals surface area contributed by atoms with Crippen molar-refractivity contribution in [3.63, 3.8) is 0 Å². The third-order valence-corrected chi connectivity index (χ3v) is 5.68. The second-order valence-electron chi connectivity index (χ2n) is 6.53. The highest BCUT2D eigenvalue weighted by Crippen LogP contribution is 2.31. The van der Waals surface area contributed by atoms with Crippen LogP contribution in [0, 0.1) is 13.8 Å². The highest BCUT2D eigenvalue weighted by atomic mass is 32.2. The van der Waals surface area contributed by atoms with Gasteiger partial charge in [0.1, 0.15) is 0 Å². The van der Waals surface area contributed by atoms with Crippen molar-refractivity contribution in [3.8, 4) is 0 Å². The fourth-order valence-corrected chi connectivity index (χ4v) is 4.16. The number of amides is 1. The summed E-state index contributed by atoms with van der Waals surface area (Å²) in [6, 6.07) is 12.5. The predicted molar refractivity (Wildman–Crippen MR) is 101 cm³/mol. The van der Waals surface area contributed by atoms with E-state index in [4.69, 9.17) is 5.73 Å². The molecule has 126 valence electrons. The van der Waals surface area contributed by atoms with Gasteiger partial charge in [-0.05, 0) is 68.0 Å². The van der Waals surface area contributed by atoms with Crippen molar-refractivity contribution in [2.75, 3.05) is 11.5 Å². The molecule has 0 radical (unpaired) electrons. The van der Waals surface area contributed by atoms with Crippen LogP contribution in [0.5, 0.6) is 0 Å².